The molecule has 12 aromatic rings. The molecule has 0 unspecified atom stereocenters. The summed E-state index contributed by atoms with van der Waals surface area (Å²) in [4.78, 5) is 8.01. The first-order valence-electron chi connectivity index (χ1n) is 22.3. The van der Waals surface area contributed by atoms with E-state index >= 15 is 0 Å². The Morgan fingerprint density at radius 2 is 1.28 bits per heavy atom. The van der Waals surface area contributed by atoms with Crippen LogP contribution in [-0.4, -0.2) is 16.4 Å². The quantitative estimate of drug-likeness (QED) is 0.163. The van der Waals surface area contributed by atoms with Crippen LogP contribution < -0.4 is 15.7 Å². The molecule has 0 saturated carbocycles. The van der Waals surface area contributed by atoms with Gasteiger partial charge in [0.2, 0.25) is 0 Å². The Labute approximate surface area is 374 Å². The molecule has 0 saturated heterocycles. The molecule has 0 N–H and O–H groups in total. The van der Waals surface area contributed by atoms with Crippen molar-refractivity contribution in [2.24, 2.45) is 0 Å². The van der Waals surface area contributed by atoms with Crippen LogP contribution in [0.4, 0.5) is 11.4 Å². The van der Waals surface area contributed by atoms with Gasteiger partial charge in [-0.2, -0.15) is 0 Å². The molecule has 0 spiro atoms. The Hall–Kier alpha value is -7.09. The van der Waals surface area contributed by atoms with Gasteiger partial charge in [0, 0.05) is 55.1 Å². The van der Waals surface area contributed by atoms with Gasteiger partial charge in [-0.3, -0.25) is 0 Å². The maximum Gasteiger partial charge on any atom is 0.333 e. The lowest BCUT2D eigenvalue weighted by atomic mass is 9.43. The summed E-state index contributed by atoms with van der Waals surface area (Å²) in [7, 11) is 0. The van der Waals surface area contributed by atoms with Gasteiger partial charge in [0.25, 0.3) is 0 Å². The lowest BCUT2D eigenvalue weighted by Gasteiger charge is -2.42. The van der Waals surface area contributed by atoms with Crippen molar-refractivity contribution in [1.82, 2.24) is 9.55 Å². The van der Waals surface area contributed by atoms with Crippen molar-refractivity contribution < 1.29 is 8.83 Å². The van der Waals surface area contributed by atoms with Crippen molar-refractivity contribution in [3.8, 4) is 27.4 Å². The van der Waals surface area contributed by atoms with Gasteiger partial charge < -0.3 is 18.2 Å². The number of benzene rings is 8. The van der Waals surface area contributed by atoms with E-state index in [0.29, 0.717) is 0 Å². The van der Waals surface area contributed by atoms with Gasteiger partial charge in [-0.05, 0) is 99.1 Å². The lowest BCUT2D eigenvalue weighted by molar-refractivity contribution is 0.590. The Kier molecular flexibility index (Phi) is 7.02. The Morgan fingerprint density at radius 1 is 0.578 bits per heavy atom. The third kappa shape index (κ3) is 4.82. The molecule has 4 aromatic heterocycles. The summed E-state index contributed by atoms with van der Waals surface area (Å²) in [5.74, 6) is 0. The number of para-hydroxylation sites is 2. The first-order chi connectivity index (χ1) is 31.0. The summed E-state index contributed by atoms with van der Waals surface area (Å²) in [6, 6.07) is 53.6. The van der Waals surface area contributed by atoms with Crippen LogP contribution in [0.3, 0.4) is 0 Å². The van der Waals surface area contributed by atoms with Crippen LogP contribution in [-0.2, 0) is 10.8 Å². The molecule has 14 rings (SSSR count). The second-order valence-electron chi connectivity index (χ2n) is 19.9. The summed E-state index contributed by atoms with van der Waals surface area (Å²) in [6.07, 6.45) is 0. The minimum atomic E-state index is -0.209. The third-order valence-electron chi connectivity index (χ3n) is 14.1. The predicted molar refractivity (Wildman–Crippen MR) is 270 cm³/mol. The second-order valence-corrected chi connectivity index (χ2v) is 21.0. The molecule has 306 valence electrons. The number of rotatable bonds is 2. The van der Waals surface area contributed by atoms with Crippen LogP contribution in [0.25, 0.3) is 103 Å². The maximum absolute atomic E-state index is 7.20. The van der Waals surface area contributed by atoms with E-state index in [2.05, 4.69) is 197 Å². The van der Waals surface area contributed by atoms with Gasteiger partial charge in [-0.25, -0.2) is 4.98 Å². The van der Waals surface area contributed by atoms with Crippen LogP contribution in [0, 0.1) is 0 Å². The van der Waals surface area contributed by atoms with Gasteiger partial charge in [0.1, 0.15) is 27.3 Å². The molecule has 7 heteroatoms. The number of hydrogen-bond donors (Lipinski definition) is 0. The lowest BCUT2D eigenvalue weighted by Crippen LogP contribution is -2.60. The van der Waals surface area contributed by atoms with Crippen LogP contribution in [0.5, 0.6) is 0 Å². The number of nitrogens with zero attached hydrogens (tertiary/aromatic N) is 3. The standard InChI is InChI=1S/C57H42BN3O2S/c1-56(2,3)32-20-23-34(24-21-32)61-43-27-37-35-16-10-12-18-45(35)62-47(37)28-39(43)49-50-36-17-11-13-19-46(36)63-54(50)51-38-26-33(57(4,5)6)22-25-42(38)60-44-30-48-41(29-40(44)58(61)52(49)53(51)60)59-55(64-48)31-14-8-7-9-15-31/h7-30H,1-6H3. The van der Waals surface area contributed by atoms with E-state index in [9.17, 15) is 0 Å². The smallest absolute Gasteiger partial charge is 0.333 e. The van der Waals surface area contributed by atoms with Crippen molar-refractivity contribution in [1.29, 1.82) is 0 Å². The molecule has 0 radical (unpaired) electrons. The number of aromatic nitrogens is 2. The number of thiazole rings is 1. The van der Waals surface area contributed by atoms with E-state index in [0.717, 1.165) is 87.0 Å². The summed E-state index contributed by atoms with van der Waals surface area (Å²) in [5.41, 5.74) is 18.9. The number of anilines is 2. The Bertz CT molecular complexity index is 3990. The number of hydrogen-bond acceptors (Lipinski definition) is 5. The fourth-order valence-electron chi connectivity index (χ4n) is 11.0. The average molecular weight is 844 g/mol. The van der Waals surface area contributed by atoms with Crippen molar-refractivity contribution in [2.75, 3.05) is 4.81 Å². The highest BCUT2D eigenvalue weighted by atomic mass is 32.1. The monoisotopic (exact) mass is 843 g/mol. The Balaban J connectivity index is 1.21. The SMILES string of the molecule is CC(C)(C)c1ccc(N2B3c4cc5nc(-c6ccccc6)sc5cc4-n4c5ccc(C(C)(C)C)cc5c5c6oc7ccccc7c6c(c3c54)-c3cc4oc5ccccc5c4cc32)cc1. The van der Waals surface area contributed by atoms with Gasteiger partial charge in [-0.15, -0.1) is 11.3 Å². The normalized spacial score (nSPS) is 13.7. The molecule has 2 aliphatic heterocycles. The van der Waals surface area contributed by atoms with Gasteiger partial charge in [0.15, 0.2) is 0 Å². The molecular weight excluding hydrogens is 802 g/mol. The van der Waals surface area contributed by atoms with E-state index in [1.807, 2.05) is 0 Å². The second kappa shape index (κ2) is 12.3. The molecule has 0 amide bonds. The maximum atomic E-state index is 7.20. The fraction of sp³-hybridized carbons (Fsp3) is 0.140. The molecule has 0 fully saturated rings. The highest BCUT2D eigenvalue weighted by Gasteiger charge is 2.46. The minimum Gasteiger partial charge on any atom is -0.456 e. The van der Waals surface area contributed by atoms with Crippen LogP contribution in [0.15, 0.2) is 154 Å². The molecule has 64 heavy (non-hydrogen) atoms. The first kappa shape index (κ1) is 36.4. The topological polar surface area (TPSA) is 47.3 Å². The van der Waals surface area contributed by atoms with Gasteiger partial charge in [-0.1, -0.05) is 126 Å². The van der Waals surface area contributed by atoms with Crippen molar-refractivity contribution in [3.63, 3.8) is 0 Å². The summed E-state index contributed by atoms with van der Waals surface area (Å²) in [6.45, 7) is 13.6. The summed E-state index contributed by atoms with van der Waals surface area (Å²) in [5, 5.41) is 7.86. The zero-order chi connectivity index (χ0) is 43.0. The fourth-order valence-corrected chi connectivity index (χ4v) is 12.0. The minimum absolute atomic E-state index is 0.00385. The van der Waals surface area contributed by atoms with Crippen LogP contribution >= 0.6 is 11.3 Å². The molecule has 0 bridgehead atoms. The summed E-state index contributed by atoms with van der Waals surface area (Å²) >= 11 is 1.77. The zero-order valence-electron chi connectivity index (χ0n) is 36.5. The van der Waals surface area contributed by atoms with Crippen LogP contribution in [0.1, 0.15) is 52.7 Å². The molecule has 6 heterocycles. The van der Waals surface area contributed by atoms with Gasteiger partial charge in [0.05, 0.1) is 26.6 Å². The Morgan fingerprint density at radius 3 is 2.05 bits per heavy atom. The highest BCUT2D eigenvalue weighted by Crippen LogP contribution is 2.53. The average Bonchev–Trinajstić information content (AvgIpc) is 4.07. The molecule has 0 atom stereocenters. The van der Waals surface area contributed by atoms with Crippen molar-refractivity contribution in [2.45, 2.75) is 52.4 Å². The van der Waals surface area contributed by atoms with E-state index in [4.69, 9.17) is 13.8 Å². The molecular formula is C57H42BN3O2S. The van der Waals surface area contributed by atoms with Crippen LogP contribution in [0.2, 0.25) is 0 Å². The zero-order valence-corrected chi connectivity index (χ0v) is 37.3. The van der Waals surface area contributed by atoms with Gasteiger partial charge >= 0.3 is 6.85 Å². The van der Waals surface area contributed by atoms with E-state index in [-0.39, 0.29) is 17.7 Å². The van der Waals surface area contributed by atoms with E-state index in [1.54, 1.807) is 11.3 Å². The summed E-state index contributed by atoms with van der Waals surface area (Å²) < 4.78 is 17.7. The number of furan rings is 2. The van der Waals surface area contributed by atoms with Crippen molar-refractivity contribution in [3.05, 3.63) is 157 Å². The molecule has 5 nitrogen and oxygen atoms in total. The molecule has 0 aliphatic carbocycles. The third-order valence-corrected chi connectivity index (χ3v) is 15.2. The molecule has 8 aromatic carbocycles. The number of fused-ring (bicyclic) bond motifs is 17. The first-order valence-corrected chi connectivity index (χ1v) is 23.1. The predicted octanol–water partition coefficient (Wildman–Crippen LogP) is 14.7. The largest absolute Gasteiger partial charge is 0.456 e. The van der Waals surface area contributed by atoms with E-state index < -0.39 is 0 Å². The van der Waals surface area contributed by atoms with E-state index in [1.165, 1.54) is 49.7 Å². The highest BCUT2D eigenvalue weighted by molar-refractivity contribution is 7.21. The molecule has 2 aliphatic rings. The van der Waals surface area contributed by atoms with Crippen molar-refractivity contribution >= 4 is 116 Å².